The van der Waals surface area contributed by atoms with E-state index < -0.39 is 35.6 Å². The molecule has 0 saturated heterocycles. The number of esters is 1. The van der Waals surface area contributed by atoms with Crippen LogP contribution in [0.15, 0.2) is 35.6 Å². The number of benzene rings is 1. The van der Waals surface area contributed by atoms with Crippen LogP contribution >= 0.6 is 0 Å². The lowest BCUT2D eigenvalue weighted by Gasteiger charge is -2.43. The Bertz CT molecular complexity index is 814. The lowest BCUT2D eigenvalue weighted by molar-refractivity contribution is -0.377. The van der Waals surface area contributed by atoms with Gasteiger partial charge in [0, 0.05) is 24.3 Å². The Balaban J connectivity index is 2.22. The molecule has 0 fully saturated rings. The highest BCUT2D eigenvalue weighted by molar-refractivity contribution is 6.01. The average molecular weight is 400 g/mol. The van der Waals surface area contributed by atoms with Crippen LogP contribution in [0.25, 0.3) is 0 Å². The highest BCUT2D eigenvalue weighted by atomic mass is 19.4. The summed E-state index contributed by atoms with van der Waals surface area (Å²) in [6.45, 7) is 1.24. The Kier molecular flexibility index (Phi) is 5.14. The van der Waals surface area contributed by atoms with E-state index in [1.54, 1.807) is 0 Å². The minimum Gasteiger partial charge on any atom is -0.497 e. The van der Waals surface area contributed by atoms with Gasteiger partial charge in [0.1, 0.15) is 17.4 Å². The molecule has 1 aliphatic carbocycles. The zero-order chi connectivity index (χ0) is 20.7. The third-order valence-electron chi connectivity index (χ3n) is 4.95. The van der Waals surface area contributed by atoms with Crippen molar-refractivity contribution in [2.75, 3.05) is 13.7 Å². The van der Waals surface area contributed by atoms with Gasteiger partial charge in [-0.05, 0) is 24.6 Å². The van der Waals surface area contributed by atoms with E-state index in [1.807, 2.05) is 0 Å². The SMILES string of the molecule is CCOC(=O)C1C(c2ccc(OC)cc2)C2=C(CCC2=O)OC1(O)C(F)(F)F. The van der Waals surface area contributed by atoms with Crippen LogP contribution in [0, 0.1) is 5.92 Å². The van der Waals surface area contributed by atoms with Crippen molar-refractivity contribution in [3.8, 4) is 5.75 Å². The molecule has 3 unspecified atom stereocenters. The number of aliphatic hydroxyl groups is 1. The summed E-state index contributed by atoms with van der Waals surface area (Å²) in [7, 11) is 1.43. The van der Waals surface area contributed by atoms with E-state index in [2.05, 4.69) is 0 Å². The van der Waals surface area contributed by atoms with Gasteiger partial charge in [-0.2, -0.15) is 13.2 Å². The average Bonchev–Trinajstić information content (AvgIpc) is 3.00. The third kappa shape index (κ3) is 3.13. The first kappa shape index (κ1) is 20.2. The molecule has 0 spiro atoms. The fourth-order valence-corrected chi connectivity index (χ4v) is 3.68. The van der Waals surface area contributed by atoms with Crippen LogP contribution in [-0.2, 0) is 19.1 Å². The number of halogens is 3. The molecule has 2 aliphatic rings. The summed E-state index contributed by atoms with van der Waals surface area (Å²) in [5, 5.41) is 10.5. The molecule has 1 aromatic carbocycles. The quantitative estimate of drug-likeness (QED) is 0.783. The summed E-state index contributed by atoms with van der Waals surface area (Å²) in [4.78, 5) is 25.0. The summed E-state index contributed by atoms with van der Waals surface area (Å²) in [6.07, 6.45) is -5.42. The monoisotopic (exact) mass is 400 g/mol. The summed E-state index contributed by atoms with van der Waals surface area (Å²) < 4.78 is 56.2. The largest absolute Gasteiger partial charge is 0.497 e. The molecule has 0 radical (unpaired) electrons. The molecule has 1 aliphatic heterocycles. The highest BCUT2D eigenvalue weighted by Crippen LogP contribution is 2.54. The van der Waals surface area contributed by atoms with Gasteiger partial charge in [0.2, 0.25) is 0 Å². The van der Waals surface area contributed by atoms with Crippen molar-refractivity contribution in [2.24, 2.45) is 5.92 Å². The Morgan fingerprint density at radius 1 is 1.29 bits per heavy atom. The van der Waals surface area contributed by atoms with E-state index in [-0.39, 0.29) is 36.3 Å². The predicted octanol–water partition coefficient (Wildman–Crippen LogP) is 2.86. The zero-order valence-electron chi connectivity index (χ0n) is 15.2. The van der Waals surface area contributed by atoms with Gasteiger partial charge in [-0.15, -0.1) is 0 Å². The molecule has 3 atom stereocenters. The van der Waals surface area contributed by atoms with Gasteiger partial charge < -0.3 is 19.3 Å². The maximum atomic E-state index is 13.8. The van der Waals surface area contributed by atoms with E-state index in [9.17, 15) is 27.9 Å². The van der Waals surface area contributed by atoms with E-state index in [1.165, 1.54) is 38.3 Å². The summed E-state index contributed by atoms with van der Waals surface area (Å²) in [5.74, 6) is -8.89. The number of hydrogen-bond donors (Lipinski definition) is 1. The van der Waals surface area contributed by atoms with Crippen LogP contribution < -0.4 is 4.74 Å². The van der Waals surface area contributed by atoms with Crippen LogP contribution in [0.1, 0.15) is 31.2 Å². The number of rotatable bonds is 4. The number of ketones is 1. The van der Waals surface area contributed by atoms with Gasteiger partial charge in [-0.1, -0.05) is 12.1 Å². The van der Waals surface area contributed by atoms with Gasteiger partial charge >= 0.3 is 17.9 Å². The van der Waals surface area contributed by atoms with E-state index in [0.29, 0.717) is 5.75 Å². The van der Waals surface area contributed by atoms with Crippen molar-refractivity contribution >= 4 is 11.8 Å². The first-order chi connectivity index (χ1) is 13.1. The fraction of sp³-hybridized carbons (Fsp3) is 0.474. The van der Waals surface area contributed by atoms with Gasteiger partial charge in [0.25, 0.3) is 0 Å². The number of alkyl halides is 3. The minimum absolute atomic E-state index is 0.0304. The second kappa shape index (κ2) is 7.12. The van der Waals surface area contributed by atoms with Gasteiger partial charge in [0.05, 0.1) is 13.7 Å². The number of Topliss-reactive ketones (excluding diaryl/α,β-unsaturated/α-hetero) is 1. The summed E-state index contributed by atoms with van der Waals surface area (Å²) in [6, 6.07) is 5.90. The summed E-state index contributed by atoms with van der Waals surface area (Å²) >= 11 is 0. The van der Waals surface area contributed by atoms with E-state index in [0.717, 1.165) is 0 Å². The van der Waals surface area contributed by atoms with E-state index in [4.69, 9.17) is 14.2 Å². The van der Waals surface area contributed by atoms with Crippen molar-refractivity contribution < 1.29 is 42.1 Å². The fourth-order valence-electron chi connectivity index (χ4n) is 3.68. The highest BCUT2D eigenvalue weighted by Gasteiger charge is 2.70. The lowest BCUT2D eigenvalue weighted by Crippen LogP contribution is -2.60. The van der Waals surface area contributed by atoms with Gasteiger partial charge in [0.15, 0.2) is 5.78 Å². The second-order valence-corrected chi connectivity index (χ2v) is 6.54. The molecule has 0 saturated carbocycles. The van der Waals surface area contributed by atoms with Gasteiger partial charge in [-0.25, -0.2) is 0 Å². The predicted molar refractivity (Wildman–Crippen MR) is 89.2 cm³/mol. The van der Waals surface area contributed by atoms with Gasteiger partial charge in [-0.3, -0.25) is 9.59 Å². The lowest BCUT2D eigenvalue weighted by atomic mass is 9.73. The molecule has 3 rings (SSSR count). The van der Waals surface area contributed by atoms with Crippen LogP contribution in [0.4, 0.5) is 13.2 Å². The zero-order valence-corrected chi connectivity index (χ0v) is 15.2. The topological polar surface area (TPSA) is 82.1 Å². The first-order valence-electron chi connectivity index (χ1n) is 8.69. The van der Waals surface area contributed by atoms with Crippen molar-refractivity contribution in [2.45, 2.75) is 37.6 Å². The molecule has 1 aromatic rings. The number of carbonyl (C=O) groups is 2. The third-order valence-corrected chi connectivity index (χ3v) is 4.95. The standard InChI is InChI=1S/C19H19F3O6/c1-3-27-17(24)16-14(10-4-6-11(26-2)7-5-10)15-12(23)8-9-13(15)28-18(16,25)19(20,21)22/h4-7,14,16,25H,3,8-9H2,1-2H3. The van der Waals surface area contributed by atoms with Crippen LogP contribution in [0.3, 0.4) is 0 Å². The van der Waals surface area contributed by atoms with Crippen molar-refractivity contribution in [1.82, 2.24) is 0 Å². The number of ether oxygens (including phenoxy) is 3. The smallest absolute Gasteiger partial charge is 0.456 e. The molecular weight excluding hydrogens is 381 g/mol. The number of carbonyl (C=O) groups excluding carboxylic acids is 2. The Hall–Kier alpha value is -2.55. The first-order valence-corrected chi connectivity index (χ1v) is 8.69. The normalized spacial score (nSPS) is 27.3. The molecular formula is C19H19F3O6. The second-order valence-electron chi connectivity index (χ2n) is 6.54. The number of allylic oxidation sites excluding steroid dienone is 2. The minimum atomic E-state index is -5.29. The maximum Gasteiger partial charge on any atom is 0.456 e. The molecule has 28 heavy (non-hydrogen) atoms. The molecule has 1 heterocycles. The molecule has 0 aromatic heterocycles. The van der Waals surface area contributed by atoms with Crippen LogP contribution in [-0.4, -0.2) is 42.5 Å². The van der Waals surface area contributed by atoms with Crippen LogP contribution in [0.2, 0.25) is 0 Å². The molecule has 0 bridgehead atoms. The Morgan fingerprint density at radius 2 is 1.93 bits per heavy atom. The van der Waals surface area contributed by atoms with Crippen LogP contribution in [0.5, 0.6) is 5.75 Å². The Morgan fingerprint density at radius 3 is 2.46 bits per heavy atom. The Labute approximate surface area is 158 Å². The molecule has 9 heteroatoms. The molecule has 0 amide bonds. The van der Waals surface area contributed by atoms with Crippen molar-refractivity contribution in [1.29, 1.82) is 0 Å². The summed E-state index contributed by atoms with van der Waals surface area (Å²) in [5.41, 5.74) is 0.213. The molecule has 6 nitrogen and oxygen atoms in total. The van der Waals surface area contributed by atoms with E-state index >= 15 is 0 Å². The molecule has 1 N–H and O–H groups in total. The van der Waals surface area contributed by atoms with Crippen molar-refractivity contribution in [3.63, 3.8) is 0 Å². The number of hydrogen-bond acceptors (Lipinski definition) is 6. The number of methoxy groups -OCH3 is 1. The maximum absolute atomic E-state index is 13.8. The van der Waals surface area contributed by atoms with Crippen molar-refractivity contribution in [3.05, 3.63) is 41.2 Å². The molecule has 152 valence electrons.